The largest absolute Gasteiger partial charge is 0.462 e. The molecule has 0 fully saturated rings. The van der Waals surface area contributed by atoms with Crippen molar-refractivity contribution in [3.05, 3.63) is 57.3 Å². The van der Waals surface area contributed by atoms with Crippen molar-refractivity contribution in [2.45, 2.75) is 45.4 Å². The van der Waals surface area contributed by atoms with Gasteiger partial charge in [0.15, 0.2) is 12.0 Å². The highest BCUT2D eigenvalue weighted by Crippen LogP contribution is 2.40. The summed E-state index contributed by atoms with van der Waals surface area (Å²) in [6.45, 7) is 8.04. The summed E-state index contributed by atoms with van der Waals surface area (Å²) >= 11 is 3.37. The third-order valence-electron chi connectivity index (χ3n) is 5.54. The van der Waals surface area contributed by atoms with Crippen molar-refractivity contribution in [1.82, 2.24) is 4.31 Å². The molecule has 0 aliphatic carbocycles. The lowest BCUT2D eigenvalue weighted by molar-refractivity contribution is 0.0524. The van der Waals surface area contributed by atoms with Crippen LogP contribution in [0.1, 0.15) is 70.4 Å². The van der Waals surface area contributed by atoms with Gasteiger partial charge in [-0.3, -0.25) is 4.79 Å². The van der Waals surface area contributed by atoms with E-state index < -0.39 is 22.0 Å². The molecule has 11 heteroatoms. The monoisotopic (exact) mass is 593 g/mol. The quantitative estimate of drug-likeness (QED) is 0.162. The summed E-state index contributed by atoms with van der Waals surface area (Å²) < 4.78 is 43.8. The first-order chi connectivity index (χ1) is 17.6. The standard InChI is InChI=1S/C26H28BrNO8S/c1-5-12-28(13-6-2)37(32,33)18-10-8-17(9-11-18)25(30)36-19-14-16(4)24-22(23(19)27)21(20(15-29)35-24)26(31)34-7-3/h8-11,14-15H,5-7,12-13H2,1-4H3. The Bertz CT molecular complexity index is 1420. The Morgan fingerprint density at radius 2 is 1.68 bits per heavy atom. The van der Waals surface area contributed by atoms with Crippen molar-refractivity contribution in [2.75, 3.05) is 19.7 Å². The third kappa shape index (κ3) is 5.78. The van der Waals surface area contributed by atoms with Crippen molar-refractivity contribution < 1.29 is 36.7 Å². The van der Waals surface area contributed by atoms with Crippen LogP contribution in [0.25, 0.3) is 11.0 Å². The van der Waals surface area contributed by atoms with Crippen LogP contribution >= 0.6 is 15.9 Å². The highest BCUT2D eigenvalue weighted by atomic mass is 79.9. The molecule has 0 unspecified atom stereocenters. The molecule has 0 amide bonds. The smallest absolute Gasteiger partial charge is 0.343 e. The topological polar surface area (TPSA) is 120 Å². The molecular weight excluding hydrogens is 566 g/mol. The summed E-state index contributed by atoms with van der Waals surface area (Å²) in [5.74, 6) is -1.59. The van der Waals surface area contributed by atoms with E-state index in [9.17, 15) is 22.8 Å². The van der Waals surface area contributed by atoms with Crippen LogP contribution in [0.15, 0.2) is 44.1 Å². The number of ether oxygens (including phenoxy) is 2. The lowest BCUT2D eigenvalue weighted by Crippen LogP contribution is -2.32. The van der Waals surface area contributed by atoms with E-state index in [0.717, 1.165) is 0 Å². The van der Waals surface area contributed by atoms with E-state index in [2.05, 4.69) is 15.9 Å². The van der Waals surface area contributed by atoms with Gasteiger partial charge < -0.3 is 13.9 Å². The maximum Gasteiger partial charge on any atom is 0.343 e. The van der Waals surface area contributed by atoms with Crippen LogP contribution in [0.3, 0.4) is 0 Å². The summed E-state index contributed by atoms with van der Waals surface area (Å²) in [4.78, 5) is 37.1. The zero-order valence-electron chi connectivity index (χ0n) is 21.0. The van der Waals surface area contributed by atoms with E-state index in [0.29, 0.717) is 37.8 Å². The molecule has 2 aromatic carbocycles. The molecule has 0 saturated carbocycles. The van der Waals surface area contributed by atoms with Gasteiger partial charge in [0.1, 0.15) is 16.9 Å². The molecule has 1 heterocycles. The SMILES string of the molecule is CCCN(CCC)S(=O)(=O)c1ccc(C(=O)Oc2cc(C)c3oc(C=O)c(C(=O)OCC)c3c2Br)cc1. The van der Waals surface area contributed by atoms with E-state index in [1.54, 1.807) is 13.8 Å². The number of aldehydes is 1. The fourth-order valence-electron chi connectivity index (χ4n) is 3.87. The Morgan fingerprint density at radius 1 is 1.05 bits per heavy atom. The molecule has 1 aromatic heterocycles. The molecular formula is C26H28BrNO8S. The van der Waals surface area contributed by atoms with Crippen LogP contribution in [0.4, 0.5) is 0 Å². The molecule has 0 aliphatic rings. The number of rotatable bonds is 11. The van der Waals surface area contributed by atoms with Crippen LogP contribution in [-0.2, 0) is 14.8 Å². The number of benzene rings is 2. The minimum atomic E-state index is -3.69. The minimum Gasteiger partial charge on any atom is -0.462 e. The Kier molecular flexibility index (Phi) is 9.27. The van der Waals surface area contributed by atoms with Crippen LogP contribution in [0.2, 0.25) is 0 Å². The lowest BCUT2D eigenvalue weighted by atomic mass is 10.1. The summed E-state index contributed by atoms with van der Waals surface area (Å²) in [5, 5.41) is 0.247. The summed E-state index contributed by atoms with van der Waals surface area (Å²) in [7, 11) is -3.69. The van der Waals surface area contributed by atoms with E-state index >= 15 is 0 Å². The fraction of sp³-hybridized carbons (Fsp3) is 0.346. The van der Waals surface area contributed by atoms with E-state index in [1.807, 2.05) is 13.8 Å². The molecule has 0 saturated heterocycles. The Labute approximate surface area is 223 Å². The minimum absolute atomic E-state index is 0.0713. The van der Waals surface area contributed by atoms with Crippen molar-refractivity contribution >= 4 is 55.1 Å². The van der Waals surface area contributed by atoms with E-state index in [4.69, 9.17) is 13.9 Å². The molecule has 0 radical (unpaired) electrons. The van der Waals surface area contributed by atoms with Crippen molar-refractivity contribution in [3.8, 4) is 5.75 Å². The van der Waals surface area contributed by atoms with Gasteiger partial charge in [-0.05, 0) is 78.5 Å². The number of sulfonamides is 1. The van der Waals surface area contributed by atoms with Crippen molar-refractivity contribution in [1.29, 1.82) is 0 Å². The maximum atomic E-state index is 13.0. The second-order valence-corrected chi connectivity index (χ2v) is 10.9. The molecule has 3 aromatic rings. The average molecular weight is 594 g/mol. The van der Waals surface area contributed by atoms with Crippen LogP contribution < -0.4 is 4.74 Å². The normalized spacial score (nSPS) is 11.6. The van der Waals surface area contributed by atoms with Crippen LogP contribution in [0.5, 0.6) is 5.75 Å². The highest BCUT2D eigenvalue weighted by Gasteiger charge is 2.28. The van der Waals surface area contributed by atoms with Crippen LogP contribution in [-0.4, -0.2) is 50.6 Å². The van der Waals surface area contributed by atoms with Crippen LogP contribution in [0, 0.1) is 6.92 Å². The van der Waals surface area contributed by atoms with Gasteiger partial charge in [0.25, 0.3) is 0 Å². The second kappa shape index (κ2) is 12.0. The first-order valence-electron chi connectivity index (χ1n) is 11.8. The van der Waals surface area contributed by atoms with E-state index in [1.165, 1.54) is 34.6 Å². The molecule has 9 nitrogen and oxygen atoms in total. The Morgan fingerprint density at radius 3 is 2.22 bits per heavy atom. The molecule has 0 N–H and O–H groups in total. The van der Waals surface area contributed by atoms with Gasteiger partial charge in [0.05, 0.1) is 26.9 Å². The number of carbonyl (C=O) groups is 3. The Balaban J connectivity index is 1.95. The number of aryl methyl sites for hydroxylation is 1. The van der Waals surface area contributed by atoms with Gasteiger partial charge in [0.2, 0.25) is 10.0 Å². The number of hydrogen-bond acceptors (Lipinski definition) is 8. The van der Waals surface area contributed by atoms with Gasteiger partial charge in [-0.1, -0.05) is 13.8 Å². The first-order valence-corrected chi connectivity index (χ1v) is 14.0. The number of hydrogen-bond donors (Lipinski definition) is 0. The number of carbonyl (C=O) groups excluding carboxylic acids is 3. The van der Waals surface area contributed by atoms with E-state index in [-0.39, 0.29) is 49.6 Å². The van der Waals surface area contributed by atoms with Gasteiger partial charge in [-0.2, -0.15) is 4.31 Å². The third-order valence-corrected chi connectivity index (χ3v) is 8.24. The molecule has 0 bridgehead atoms. The average Bonchev–Trinajstić information content (AvgIpc) is 3.28. The number of nitrogens with zero attached hydrogens (tertiary/aromatic N) is 1. The zero-order chi connectivity index (χ0) is 27.3. The molecule has 3 rings (SSSR count). The van der Waals surface area contributed by atoms with Crippen molar-refractivity contribution in [3.63, 3.8) is 0 Å². The summed E-state index contributed by atoms with van der Waals surface area (Å²) in [6.07, 6.45) is 1.79. The fourth-order valence-corrected chi connectivity index (χ4v) is 6.07. The van der Waals surface area contributed by atoms with Gasteiger partial charge >= 0.3 is 11.9 Å². The van der Waals surface area contributed by atoms with Gasteiger partial charge in [0, 0.05) is 13.1 Å². The van der Waals surface area contributed by atoms with Gasteiger partial charge in [-0.25, -0.2) is 18.0 Å². The number of furan rings is 1. The second-order valence-electron chi connectivity index (χ2n) is 8.21. The molecule has 198 valence electrons. The zero-order valence-corrected chi connectivity index (χ0v) is 23.4. The predicted octanol–water partition coefficient (Wildman–Crippen LogP) is 5.52. The molecule has 0 atom stereocenters. The summed E-state index contributed by atoms with van der Waals surface area (Å²) in [5.41, 5.74) is 0.855. The number of esters is 2. The lowest BCUT2D eigenvalue weighted by Gasteiger charge is -2.21. The van der Waals surface area contributed by atoms with Gasteiger partial charge in [-0.15, -0.1) is 0 Å². The first kappa shape index (κ1) is 28.5. The number of fused-ring (bicyclic) bond motifs is 1. The summed E-state index contributed by atoms with van der Waals surface area (Å²) in [6, 6.07) is 7.05. The maximum absolute atomic E-state index is 13.0. The Hall–Kier alpha value is -3.02. The predicted molar refractivity (Wildman–Crippen MR) is 141 cm³/mol. The highest BCUT2D eigenvalue weighted by molar-refractivity contribution is 9.10. The molecule has 37 heavy (non-hydrogen) atoms. The number of halogens is 1. The molecule has 0 spiro atoms. The molecule has 0 aliphatic heterocycles. The van der Waals surface area contributed by atoms with Crippen molar-refractivity contribution in [2.24, 2.45) is 0 Å².